The van der Waals surface area contributed by atoms with E-state index in [4.69, 9.17) is 4.74 Å². The van der Waals surface area contributed by atoms with Crippen LogP contribution in [0.1, 0.15) is 52.7 Å². The Labute approximate surface area is 194 Å². The molecule has 2 saturated heterocycles. The number of ether oxygens (including phenoxy) is 1. The summed E-state index contributed by atoms with van der Waals surface area (Å²) in [5.41, 5.74) is 3.90. The molecule has 0 aliphatic carbocycles. The van der Waals surface area contributed by atoms with Crippen LogP contribution in [-0.4, -0.2) is 47.2 Å². The summed E-state index contributed by atoms with van der Waals surface area (Å²) in [7, 11) is 0. The molecular weight excluding hydrogens is 418 g/mol. The Hall–Kier alpha value is -2.90. The standard InChI is InChI=1S/C26H31N3O4/c30-24-9-8-22(25(31)28-24)29-15-21-20(26(29)32)2-1-3-23(21)33-16-19-6-4-17(5-7-19)14-18-10-12-27-13-11-18/h1-7,18,22,25,27,31H,8-16H2,(H,28,30). The van der Waals surface area contributed by atoms with E-state index in [1.54, 1.807) is 11.0 Å². The lowest BCUT2D eigenvalue weighted by molar-refractivity contribution is -0.129. The third-order valence-corrected chi connectivity index (χ3v) is 7.09. The van der Waals surface area contributed by atoms with E-state index >= 15 is 0 Å². The lowest BCUT2D eigenvalue weighted by Crippen LogP contribution is -2.55. The number of aliphatic hydroxyl groups is 1. The summed E-state index contributed by atoms with van der Waals surface area (Å²) >= 11 is 0. The van der Waals surface area contributed by atoms with Crippen LogP contribution in [0.25, 0.3) is 0 Å². The van der Waals surface area contributed by atoms with Crippen LogP contribution in [0.5, 0.6) is 5.75 Å². The molecule has 2 amide bonds. The first-order valence-corrected chi connectivity index (χ1v) is 11.9. The highest BCUT2D eigenvalue weighted by molar-refractivity contribution is 5.99. The molecule has 0 aromatic heterocycles. The summed E-state index contributed by atoms with van der Waals surface area (Å²) in [5.74, 6) is 1.14. The highest BCUT2D eigenvalue weighted by Gasteiger charge is 2.40. The van der Waals surface area contributed by atoms with Gasteiger partial charge in [-0.05, 0) is 68.0 Å². The molecule has 33 heavy (non-hydrogen) atoms. The van der Waals surface area contributed by atoms with Crippen LogP contribution in [0.2, 0.25) is 0 Å². The Balaban J connectivity index is 1.22. The van der Waals surface area contributed by atoms with Crippen LogP contribution < -0.4 is 15.4 Å². The quantitative estimate of drug-likeness (QED) is 0.630. The van der Waals surface area contributed by atoms with Crippen molar-refractivity contribution in [3.8, 4) is 5.75 Å². The van der Waals surface area contributed by atoms with Gasteiger partial charge in [0, 0.05) is 17.5 Å². The van der Waals surface area contributed by atoms with Crippen molar-refractivity contribution in [2.45, 2.75) is 57.5 Å². The highest BCUT2D eigenvalue weighted by atomic mass is 16.5. The highest BCUT2D eigenvalue weighted by Crippen LogP contribution is 2.34. The largest absolute Gasteiger partial charge is 0.489 e. The van der Waals surface area contributed by atoms with Crippen LogP contribution in [0.15, 0.2) is 42.5 Å². The molecule has 3 aliphatic rings. The number of carbonyl (C=O) groups excluding carboxylic acids is 2. The summed E-state index contributed by atoms with van der Waals surface area (Å²) in [6.07, 6.45) is 3.32. The van der Waals surface area contributed by atoms with Crippen molar-refractivity contribution < 1.29 is 19.4 Å². The van der Waals surface area contributed by atoms with E-state index in [0.29, 0.717) is 37.3 Å². The molecule has 2 unspecified atom stereocenters. The van der Waals surface area contributed by atoms with Crippen LogP contribution in [0, 0.1) is 5.92 Å². The third kappa shape index (κ3) is 4.75. The first-order chi connectivity index (χ1) is 16.1. The van der Waals surface area contributed by atoms with Gasteiger partial charge in [-0.3, -0.25) is 9.59 Å². The molecule has 2 aromatic rings. The summed E-state index contributed by atoms with van der Waals surface area (Å²) in [4.78, 5) is 26.2. The minimum Gasteiger partial charge on any atom is -0.489 e. The number of nitrogens with zero attached hydrogens (tertiary/aromatic N) is 1. The normalized spacial score (nSPS) is 23.4. The molecule has 0 bridgehead atoms. The van der Waals surface area contributed by atoms with E-state index in [1.807, 2.05) is 12.1 Å². The molecule has 3 N–H and O–H groups in total. The molecule has 3 aliphatic heterocycles. The number of piperidine rings is 2. The van der Waals surface area contributed by atoms with E-state index in [9.17, 15) is 14.7 Å². The lowest BCUT2D eigenvalue weighted by atomic mass is 9.91. The van der Waals surface area contributed by atoms with Crippen molar-refractivity contribution in [3.63, 3.8) is 0 Å². The maximum absolute atomic E-state index is 13.0. The van der Waals surface area contributed by atoms with Gasteiger partial charge in [0.05, 0.1) is 12.6 Å². The maximum Gasteiger partial charge on any atom is 0.255 e. The second kappa shape index (κ2) is 9.53. The van der Waals surface area contributed by atoms with Crippen molar-refractivity contribution in [1.82, 2.24) is 15.5 Å². The number of fused-ring (bicyclic) bond motifs is 1. The Morgan fingerprint density at radius 2 is 1.76 bits per heavy atom. The molecule has 174 valence electrons. The van der Waals surface area contributed by atoms with Gasteiger partial charge in [0.25, 0.3) is 5.91 Å². The number of hydrogen-bond acceptors (Lipinski definition) is 5. The van der Waals surface area contributed by atoms with Gasteiger partial charge in [0.2, 0.25) is 5.91 Å². The van der Waals surface area contributed by atoms with E-state index in [-0.39, 0.29) is 11.8 Å². The molecule has 7 nitrogen and oxygen atoms in total. The monoisotopic (exact) mass is 449 g/mol. The second-order valence-electron chi connectivity index (χ2n) is 9.34. The Morgan fingerprint density at radius 1 is 1.00 bits per heavy atom. The fourth-order valence-electron chi connectivity index (χ4n) is 5.18. The van der Waals surface area contributed by atoms with Crippen molar-refractivity contribution in [2.75, 3.05) is 13.1 Å². The predicted octanol–water partition coefficient (Wildman–Crippen LogP) is 2.36. The van der Waals surface area contributed by atoms with Crippen molar-refractivity contribution >= 4 is 11.8 Å². The van der Waals surface area contributed by atoms with Gasteiger partial charge in [-0.25, -0.2) is 0 Å². The fraction of sp³-hybridized carbons (Fsp3) is 0.462. The number of aliphatic hydroxyl groups excluding tert-OH is 1. The van der Waals surface area contributed by atoms with Crippen molar-refractivity contribution in [2.24, 2.45) is 5.92 Å². The number of hydrogen-bond donors (Lipinski definition) is 3. The molecule has 2 fully saturated rings. The number of carbonyl (C=O) groups is 2. The first kappa shape index (κ1) is 21.9. The van der Waals surface area contributed by atoms with E-state index < -0.39 is 12.3 Å². The molecule has 0 spiro atoms. The maximum atomic E-state index is 13.0. The average molecular weight is 450 g/mol. The van der Waals surface area contributed by atoms with Gasteiger partial charge in [0.15, 0.2) is 0 Å². The average Bonchev–Trinajstić information content (AvgIpc) is 3.16. The lowest BCUT2D eigenvalue weighted by Gasteiger charge is -2.35. The molecule has 2 aromatic carbocycles. The van der Waals surface area contributed by atoms with E-state index in [2.05, 4.69) is 34.9 Å². The minimum atomic E-state index is -1.04. The number of nitrogens with one attached hydrogen (secondary N) is 2. The summed E-state index contributed by atoms with van der Waals surface area (Å²) in [6, 6.07) is 13.7. The topological polar surface area (TPSA) is 90.9 Å². The van der Waals surface area contributed by atoms with Crippen molar-refractivity contribution in [1.29, 1.82) is 0 Å². The molecule has 7 heteroatoms. The molecule has 3 heterocycles. The number of amides is 2. The molecule has 0 radical (unpaired) electrons. The fourth-order valence-corrected chi connectivity index (χ4v) is 5.18. The van der Waals surface area contributed by atoms with Gasteiger partial charge in [0.1, 0.15) is 18.6 Å². The Bertz CT molecular complexity index is 1020. The number of benzene rings is 2. The van der Waals surface area contributed by atoms with Gasteiger partial charge in [-0.15, -0.1) is 0 Å². The molecular formula is C26H31N3O4. The van der Waals surface area contributed by atoms with Crippen LogP contribution in [0.3, 0.4) is 0 Å². The van der Waals surface area contributed by atoms with Gasteiger partial charge >= 0.3 is 0 Å². The Morgan fingerprint density at radius 3 is 2.52 bits per heavy atom. The minimum absolute atomic E-state index is 0.127. The molecule has 5 rings (SSSR count). The van der Waals surface area contributed by atoms with Crippen LogP contribution in [-0.2, 0) is 24.4 Å². The molecule has 0 saturated carbocycles. The zero-order valence-corrected chi connectivity index (χ0v) is 18.8. The van der Waals surface area contributed by atoms with Crippen molar-refractivity contribution in [3.05, 3.63) is 64.7 Å². The number of rotatable bonds is 6. The predicted molar refractivity (Wildman–Crippen MR) is 124 cm³/mol. The van der Waals surface area contributed by atoms with Gasteiger partial charge in [-0.2, -0.15) is 0 Å². The van der Waals surface area contributed by atoms with E-state index in [0.717, 1.165) is 36.6 Å². The van der Waals surface area contributed by atoms with Gasteiger partial charge < -0.3 is 25.4 Å². The Kier molecular flexibility index (Phi) is 6.33. The summed E-state index contributed by atoms with van der Waals surface area (Å²) in [6.45, 7) is 3.04. The zero-order chi connectivity index (χ0) is 22.8. The smallest absolute Gasteiger partial charge is 0.255 e. The van der Waals surface area contributed by atoms with Gasteiger partial charge in [-0.1, -0.05) is 30.3 Å². The van der Waals surface area contributed by atoms with Crippen LogP contribution >= 0.6 is 0 Å². The first-order valence-electron chi connectivity index (χ1n) is 11.9. The molecule has 2 atom stereocenters. The SMILES string of the molecule is O=C1CCC(N2Cc3c(OCc4ccc(CC5CCNCC5)cc4)cccc3C2=O)C(O)N1. The van der Waals surface area contributed by atoms with E-state index in [1.165, 1.54) is 18.4 Å². The summed E-state index contributed by atoms with van der Waals surface area (Å²) in [5, 5.41) is 16.2. The third-order valence-electron chi connectivity index (χ3n) is 7.09. The summed E-state index contributed by atoms with van der Waals surface area (Å²) < 4.78 is 6.13. The van der Waals surface area contributed by atoms with Crippen LogP contribution in [0.4, 0.5) is 0 Å². The zero-order valence-electron chi connectivity index (χ0n) is 18.8. The second-order valence-corrected chi connectivity index (χ2v) is 9.34.